The van der Waals surface area contributed by atoms with Gasteiger partial charge < -0.3 is 15.4 Å². The molecule has 1 aromatic heterocycles. The number of carbonyl (C=O) groups excluding carboxylic acids is 1. The average Bonchev–Trinajstić information content (AvgIpc) is 3.38. The van der Waals surface area contributed by atoms with Gasteiger partial charge in [-0.3, -0.25) is 9.78 Å². The Morgan fingerprint density at radius 3 is 2.58 bits per heavy atom. The van der Waals surface area contributed by atoms with E-state index in [1.54, 1.807) is 6.20 Å². The van der Waals surface area contributed by atoms with Crippen LogP contribution in [0, 0.1) is 17.8 Å². The first-order valence-corrected chi connectivity index (χ1v) is 9.16. The predicted molar refractivity (Wildman–Crippen MR) is 91.4 cm³/mol. The molecule has 2 atom stereocenters. The summed E-state index contributed by atoms with van der Waals surface area (Å²) in [5.41, 5.74) is 6.65. The number of piperidine rings is 1. The number of hydrogen-bond donors (Lipinski definition) is 1. The fraction of sp³-hybridized carbons (Fsp3) is 0.684. The molecule has 130 valence electrons. The average molecular weight is 329 g/mol. The lowest BCUT2D eigenvalue weighted by Gasteiger charge is -2.55. The first-order chi connectivity index (χ1) is 11.6. The van der Waals surface area contributed by atoms with E-state index in [0.29, 0.717) is 17.4 Å². The standard InChI is InChI=1S/C19H27N3O2/c1-24-19(17-7-14(18(20)23)8-21-9-17)15-3-2-4-16(19)12-22(11-15)10-13-5-6-13/h7-9,13,15-16H,2-6,10-12H2,1H3,(H2,20,23). The van der Waals surface area contributed by atoms with Gasteiger partial charge in [0.15, 0.2) is 0 Å². The maximum atomic E-state index is 11.6. The molecule has 0 radical (unpaired) electrons. The van der Waals surface area contributed by atoms with Crippen molar-refractivity contribution in [3.05, 3.63) is 29.6 Å². The number of rotatable bonds is 5. The Labute approximate surface area is 143 Å². The molecule has 0 spiro atoms. The van der Waals surface area contributed by atoms with Crippen LogP contribution in [0.2, 0.25) is 0 Å². The number of fused-ring (bicyclic) bond motifs is 2. The SMILES string of the molecule is COC1(c2cncc(C(N)=O)c2)C2CCCC1CN(CC1CC1)C2. The minimum atomic E-state index is -0.424. The Morgan fingerprint density at radius 2 is 2.00 bits per heavy atom. The number of nitrogens with zero attached hydrogens (tertiary/aromatic N) is 2. The van der Waals surface area contributed by atoms with Gasteiger partial charge in [0.25, 0.3) is 0 Å². The van der Waals surface area contributed by atoms with E-state index in [2.05, 4.69) is 9.88 Å². The number of methoxy groups -OCH3 is 1. The summed E-state index contributed by atoms with van der Waals surface area (Å²) < 4.78 is 6.22. The Kier molecular flexibility index (Phi) is 4.09. The maximum absolute atomic E-state index is 11.6. The Balaban J connectivity index is 1.67. The number of aromatic nitrogens is 1. The first kappa shape index (κ1) is 16.0. The van der Waals surface area contributed by atoms with Gasteiger partial charge >= 0.3 is 0 Å². The summed E-state index contributed by atoms with van der Waals surface area (Å²) in [6, 6.07) is 1.90. The van der Waals surface area contributed by atoms with Gasteiger partial charge in [0.2, 0.25) is 5.91 Å². The highest BCUT2D eigenvalue weighted by Crippen LogP contribution is 2.51. The minimum Gasteiger partial charge on any atom is -0.373 e. The lowest BCUT2D eigenvalue weighted by molar-refractivity contribution is -0.169. The number of ether oxygens (including phenoxy) is 1. The van der Waals surface area contributed by atoms with Gasteiger partial charge in [0.05, 0.1) is 5.56 Å². The largest absolute Gasteiger partial charge is 0.373 e. The molecule has 4 rings (SSSR count). The number of nitrogens with two attached hydrogens (primary N) is 1. The fourth-order valence-corrected chi connectivity index (χ4v) is 5.05. The van der Waals surface area contributed by atoms with Crippen LogP contribution in [0.3, 0.4) is 0 Å². The summed E-state index contributed by atoms with van der Waals surface area (Å²) in [6.45, 7) is 3.41. The first-order valence-electron chi connectivity index (χ1n) is 9.16. The van der Waals surface area contributed by atoms with Crippen molar-refractivity contribution in [1.29, 1.82) is 0 Å². The Hall–Kier alpha value is -1.46. The normalized spacial score (nSPS) is 33.4. The van der Waals surface area contributed by atoms with Crippen molar-refractivity contribution in [1.82, 2.24) is 9.88 Å². The number of primary amides is 1. The number of amides is 1. The molecule has 1 saturated heterocycles. The molecule has 5 nitrogen and oxygen atoms in total. The third-order valence-electron chi connectivity index (χ3n) is 6.30. The highest BCUT2D eigenvalue weighted by Gasteiger charge is 2.53. The van der Waals surface area contributed by atoms with E-state index in [0.717, 1.165) is 24.6 Å². The molecule has 3 fully saturated rings. The van der Waals surface area contributed by atoms with E-state index >= 15 is 0 Å². The molecule has 2 saturated carbocycles. The fourth-order valence-electron chi connectivity index (χ4n) is 5.05. The molecule has 0 aromatic carbocycles. The molecule has 1 amide bonds. The number of carbonyl (C=O) groups is 1. The van der Waals surface area contributed by atoms with Gasteiger partial charge in [0, 0.05) is 56.5 Å². The second-order valence-corrected chi connectivity index (χ2v) is 7.81. The lowest BCUT2D eigenvalue weighted by Crippen LogP contribution is -2.59. The van der Waals surface area contributed by atoms with Crippen LogP contribution in [-0.4, -0.2) is 42.5 Å². The molecule has 1 aromatic rings. The van der Waals surface area contributed by atoms with E-state index in [1.807, 2.05) is 19.4 Å². The number of hydrogen-bond acceptors (Lipinski definition) is 4. The number of likely N-dealkylation sites (tertiary alicyclic amines) is 1. The van der Waals surface area contributed by atoms with Crippen molar-refractivity contribution in [3.63, 3.8) is 0 Å². The topological polar surface area (TPSA) is 68.5 Å². The van der Waals surface area contributed by atoms with Gasteiger partial charge in [-0.1, -0.05) is 6.42 Å². The summed E-state index contributed by atoms with van der Waals surface area (Å²) >= 11 is 0. The third-order valence-corrected chi connectivity index (χ3v) is 6.30. The zero-order valence-electron chi connectivity index (χ0n) is 14.4. The number of pyridine rings is 1. The molecular formula is C19H27N3O2. The van der Waals surface area contributed by atoms with E-state index < -0.39 is 5.91 Å². The van der Waals surface area contributed by atoms with Crippen LogP contribution in [-0.2, 0) is 10.3 Å². The molecule has 2 aliphatic carbocycles. The second kappa shape index (κ2) is 6.12. The molecule has 24 heavy (non-hydrogen) atoms. The van der Waals surface area contributed by atoms with Crippen molar-refractivity contribution < 1.29 is 9.53 Å². The van der Waals surface area contributed by atoms with Crippen LogP contribution in [0.15, 0.2) is 18.5 Å². The minimum absolute atomic E-state index is 0.323. The van der Waals surface area contributed by atoms with Crippen molar-refractivity contribution in [2.24, 2.45) is 23.5 Å². The Bertz CT molecular complexity index is 615. The summed E-state index contributed by atoms with van der Waals surface area (Å²) in [7, 11) is 1.82. The molecule has 1 aliphatic heterocycles. The van der Waals surface area contributed by atoms with Crippen LogP contribution in [0.4, 0.5) is 0 Å². The summed E-state index contributed by atoms with van der Waals surface area (Å²) in [5.74, 6) is 1.41. The van der Waals surface area contributed by atoms with Gasteiger partial charge in [-0.25, -0.2) is 0 Å². The zero-order chi connectivity index (χ0) is 16.7. The van der Waals surface area contributed by atoms with Gasteiger partial charge in [0.1, 0.15) is 5.60 Å². The second-order valence-electron chi connectivity index (χ2n) is 7.81. The van der Waals surface area contributed by atoms with Gasteiger partial charge in [-0.05, 0) is 37.7 Å². The van der Waals surface area contributed by atoms with Crippen molar-refractivity contribution in [2.75, 3.05) is 26.7 Å². The summed E-state index contributed by atoms with van der Waals surface area (Å²) in [6.07, 6.45) is 9.82. The molecule has 2 heterocycles. The highest BCUT2D eigenvalue weighted by atomic mass is 16.5. The van der Waals surface area contributed by atoms with Gasteiger partial charge in [-0.2, -0.15) is 0 Å². The van der Waals surface area contributed by atoms with Crippen LogP contribution in [0.5, 0.6) is 0 Å². The molecule has 2 bridgehead atoms. The zero-order valence-corrected chi connectivity index (χ0v) is 14.4. The quantitative estimate of drug-likeness (QED) is 0.899. The smallest absolute Gasteiger partial charge is 0.250 e. The molecule has 5 heteroatoms. The van der Waals surface area contributed by atoms with Crippen molar-refractivity contribution in [2.45, 2.75) is 37.7 Å². The van der Waals surface area contributed by atoms with Crippen molar-refractivity contribution in [3.8, 4) is 0 Å². The van der Waals surface area contributed by atoms with Crippen molar-refractivity contribution >= 4 is 5.91 Å². The summed E-state index contributed by atoms with van der Waals surface area (Å²) in [4.78, 5) is 18.5. The lowest BCUT2D eigenvalue weighted by atomic mass is 9.62. The molecular weight excluding hydrogens is 302 g/mol. The van der Waals surface area contributed by atoms with E-state index in [1.165, 1.54) is 38.6 Å². The highest BCUT2D eigenvalue weighted by molar-refractivity contribution is 5.92. The van der Waals surface area contributed by atoms with Crippen LogP contribution < -0.4 is 5.73 Å². The Morgan fingerprint density at radius 1 is 1.29 bits per heavy atom. The van der Waals surface area contributed by atoms with E-state index in [9.17, 15) is 4.79 Å². The maximum Gasteiger partial charge on any atom is 0.250 e. The van der Waals surface area contributed by atoms with Gasteiger partial charge in [-0.15, -0.1) is 0 Å². The van der Waals surface area contributed by atoms with E-state index in [4.69, 9.17) is 10.5 Å². The van der Waals surface area contributed by atoms with E-state index in [-0.39, 0.29) is 5.60 Å². The van der Waals surface area contributed by atoms with Crippen LogP contribution >= 0.6 is 0 Å². The van der Waals surface area contributed by atoms with Crippen LogP contribution in [0.1, 0.15) is 48.0 Å². The predicted octanol–water partition coefficient (Wildman–Crippen LogP) is 2.16. The third kappa shape index (κ3) is 2.64. The summed E-state index contributed by atoms with van der Waals surface area (Å²) in [5, 5.41) is 0. The molecule has 2 N–H and O–H groups in total. The monoisotopic (exact) mass is 329 g/mol. The molecule has 2 unspecified atom stereocenters. The van der Waals surface area contributed by atoms with Crippen LogP contribution in [0.25, 0.3) is 0 Å². The molecule has 3 aliphatic rings.